The summed E-state index contributed by atoms with van der Waals surface area (Å²) in [6.45, 7) is 4.17. The van der Waals surface area contributed by atoms with Crippen LogP contribution in [0, 0.1) is 10.1 Å². The number of nitro groups is 1. The van der Waals surface area contributed by atoms with Crippen LogP contribution in [0.25, 0.3) is 22.7 Å². The lowest BCUT2D eigenvalue weighted by Gasteiger charge is -2.09. The lowest BCUT2D eigenvalue weighted by Crippen LogP contribution is -2.24. The molecule has 2 N–H and O–H groups in total. The molecule has 3 aromatic carbocycles. The molecular formula is C26H24N4O3. The maximum absolute atomic E-state index is 13.2. The van der Waals surface area contributed by atoms with E-state index >= 15 is 0 Å². The molecule has 0 fully saturated rings. The normalized spacial score (nSPS) is 11.7. The fourth-order valence-corrected chi connectivity index (χ4v) is 3.66. The molecule has 0 unspecified atom stereocenters. The zero-order valence-electron chi connectivity index (χ0n) is 18.4. The Kier molecular flexibility index (Phi) is 6.31. The summed E-state index contributed by atoms with van der Waals surface area (Å²) in [5, 5.41) is 14.6. The van der Waals surface area contributed by atoms with Crippen LogP contribution >= 0.6 is 0 Å². The van der Waals surface area contributed by atoms with Gasteiger partial charge in [-0.15, -0.1) is 0 Å². The molecule has 0 bridgehead atoms. The summed E-state index contributed by atoms with van der Waals surface area (Å²) < 4.78 is 0. The first-order valence-electron chi connectivity index (χ1n) is 10.7. The molecule has 7 heteroatoms. The van der Waals surface area contributed by atoms with Crippen LogP contribution in [0.4, 0.5) is 5.69 Å². The van der Waals surface area contributed by atoms with Gasteiger partial charge in [0.2, 0.25) is 0 Å². The predicted molar refractivity (Wildman–Crippen MR) is 129 cm³/mol. The number of carbonyl (C=O) groups excluding carboxylic acids is 1. The lowest BCUT2D eigenvalue weighted by molar-refractivity contribution is -0.385. The average Bonchev–Trinajstić information content (AvgIpc) is 3.25. The molecule has 0 aliphatic heterocycles. The molecule has 166 valence electrons. The number of imidazole rings is 1. The molecule has 4 rings (SSSR count). The topological polar surface area (TPSA) is 101 Å². The number of benzene rings is 3. The van der Waals surface area contributed by atoms with Gasteiger partial charge in [-0.1, -0.05) is 68.4 Å². The van der Waals surface area contributed by atoms with E-state index in [1.165, 1.54) is 6.07 Å². The van der Waals surface area contributed by atoms with E-state index in [9.17, 15) is 14.9 Å². The van der Waals surface area contributed by atoms with Crippen molar-refractivity contribution in [2.45, 2.75) is 26.3 Å². The van der Waals surface area contributed by atoms with Crippen molar-refractivity contribution in [3.63, 3.8) is 0 Å². The maximum atomic E-state index is 13.2. The van der Waals surface area contributed by atoms with Crippen LogP contribution in [0.2, 0.25) is 0 Å². The fraction of sp³-hybridized carbons (Fsp3) is 0.154. The number of hydrogen-bond donors (Lipinski definition) is 2. The highest BCUT2D eigenvalue weighted by Gasteiger charge is 2.20. The van der Waals surface area contributed by atoms with Crippen molar-refractivity contribution in [2.24, 2.45) is 0 Å². The van der Waals surface area contributed by atoms with Crippen LogP contribution in [0.1, 0.15) is 42.3 Å². The Labute approximate surface area is 191 Å². The SMILES string of the molecule is CC(C)c1ccc(/C=C(/C(=O)NCc2ccccc2)c2nc3ccccc3[nH]2)cc1[N+](=O)[O-]. The predicted octanol–water partition coefficient (Wildman–Crippen LogP) is 5.45. The van der Waals surface area contributed by atoms with Crippen molar-refractivity contribution in [1.29, 1.82) is 0 Å². The minimum atomic E-state index is -0.386. The minimum Gasteiger partial charge on any atom is -0.348 e. The van der Waals surface area contributed by atoms with Gasteiger partial charge in [0.25, 0.3) is 11.6 Å². The average molecular weight is 441 g/mol. The van der Waals surface area contributed by atoms with Gasteiger partial charge in [0.1, 0.15) is 5.82 Å². The van der Waals surface area contributed by atoms with E-state index in [0.717, 1.165) is 16.6 Å². The molecule has 33 heavy (non-hydrogen) atoms. The van der Waals surface area contributed by atoms with E-state index in [2.05, 4.69) is 15.3 Å². The lowest BCUT2D eigenvalue weighted by atomic mass is 9.98. The van der Waals surface area contributed by atoms with Gasteiger partial charge in [0.05, 0.1) is 21.5 Å². The fourth-order valence-electron chi connectivity index (χ4n) is 3.66. The second-order valence-corrected chi connectivity index (χ2v) is 8.06. The Balaban J connectivity index is 1.75. The summed E-state index contributed by atoms with van der Waals surface area (Å²) in [5.74, 6) is 0.0818. The van der Waals surface area contributed by atoms with Crippen molar-refractivity contribution < 1.29 is 9.72 Å². The van der Waals surface area contributed by atoms with Crippen molar-refractivity contribution in [3.8, 4) is 0 Å². The zero-order valence-corrected chi connectivity index (χ0v) is 18.4. The Morgan fingerprint density at radius 1 is 1.09 bits per heavy atom. The Morgan fingerprint density at radius 3 is 2.52 bits per heavy atom. The van der Waals surface area contributed by atoms with Crippen LogP contribution < -0.4 is 5.32 Å². The number of carbonyl (C=O) groups is 1. The highest BCUT2D eigenvalue weighted by Crippen LogP contribution is 2.29. The first-order valence-corrected chi connectivity index (χ1v) is 10.7. The number of H-pyrrole nitrogens is 1. The maximum Gasteiger partial charge on any atom is 0.273 e. The third-order valence-corrected chi connectivity index (χ3v) is 5.37. The zero-order chi connectivity index (χ0) is 23.4. The monoisotopic (exact) mass is 440 g/mol. The number of rotatable bonds is 7. The van der Waals surface area contributed by atoms with Gasteiger partial charge >= 0.3 is 0 Å². The summed E-state index contributed by atoms with van der Waals surface area (Å²) in [6.07, 6.45) is 1.63. The number of aromatic nitrogens is 2. The van der Waals surface area contributed by atoms with Crippen LogP contribution in [-0.2, 0) is 11.3 Å². The minimum absolute atomic E-state index is 0.00689. The van der Waals surface area contributed by atoms with Gasteiger partial charge in [-0.25, -0.2) is 4.98 Å². The smallest absolute Gasteiger partial charge is 0.273 e. The number of hydrogen-bond acceptors (Lipinski definition) is 4. The molecule has 0 radical (unpaired) electrons. The number of aromatic amines is 1. The van der Waals surface area contributed by atoms with Crippen molar-refractivity contribution in [3.05, 3.63) is 105 Å². The van der Waals surface area contributed by atoms with E-state index in [-0.39, 0.29) is 22.4 Å². The van der Waals surface area contributed by atoms with Crippen molar-refractivity contribution in [2.75, 3.05) is 0 Å². The number of nitrogens with one attached hydrogen (secondary N) is 2. The molecule has 1 heterocycles. The quantitative estimate of drug-likeness (QED) is 0.227. The van der Waals surface area contributed by atoms with E-state index in [1.54, 1.807) is 18.2 Å². The molecule has 0 aliphatic rings. The number of para-hydroxylation sites is 2. The summed E-state index contributed by atoms with van der Waals surface area (Å²) in [4.78, 5) is 32.2. The van der Waals surface area contributed by atoms with E-state index in [0.29, 0.717) is 29.1 Å². The second kappa shape index (κ2) is 9.48. The highest BCUT2D eigenvalue weighted by molar-refractivity contribution is 6.23. The molecule has 1 aromatic heterocycles. The summed E-state index contributed by atoms with van der Waals surface area (Å²) in [6, 6.07) is 22.1. The van der Waals surface area contributed by atoms with Gasteiger partial charge in [-0.05, 0) is 35.3 Å². The van der Waals surface area contributed by atoms with Crippen LogP contribution in [-0.4, -0.2) is 20.8 Å². The molecule has 0 atom stereocenters. The molecular weight excluding hydrogens is 416 g/mol. The molecule has 7 nitrogen and oxygen atoms in total. The molecule has 4 aromatic rings. The van der Waals surface area contributed by atoms with Crippen LogP contribution in [0.3, 0.4) is 0 Å². The molecule has 0 aliphatic carbocycles. The van der Waals surface area contributed by atoms with E-state index in [4.69, 9.17) is 0 Å². The van der Waals surface area contributed by atoms with Crippen LogP contribution in [0.15, 0.2) is 72.8 Å². The Morgan fingerprint density at radius 2 is 1.82 bits per heavy atom. The first kappa shape index (κ1) is 22.0. The number of nitro benzene ring substituents is 1. The Bertz CT molecular complexity index is 1310. The van der Waals surface area contributed by atoms with Gasteiger partial charge in [-0.2, -0.15) is 0 Å². The molecule has 0 saturated carbocycles. The van der Waals surface area contributed by atoms with Gasteiger partial charge in [0.15, 0.2) is 0 Å². The van der Waals surface area contributed by atoms with Crippen LogP contribution in [0.5, 0.6) is 0 Å². The van der Waals surface area contributed by atoms with Crippen molar-refractivity contribution >= 4 is 34.3 Å². The van der Waals surface area contributed by atoms with Gasteiger partial charge in [-0.3, -0.25) is 14.9 Å². The molecule has 0 saturated heterocycles. The standard InChI is InChI=1S/C26H24N4O3/c1-17(2)20-13-12-19(15-24(20)30(32)33)14-21(25-28-22-10-6-7-11-23(22)29-25)26(31)27-16-18-8-4-3-5-9-18/h3-15,17H,16H2,1-2H3,(H,27,31)(H,28,29)/b21-14+. The van der Waals surface area contributed by atoms with E-state index in [1.807, 2.05) is 68.4 Å². The van der Waals surface area contributed by atoms with Gasteiger partial charge in [0, 0.05) is 18.2 Å². The number of fused-ring (bicyclic) bond motifs is 1. The summed E-state index contributed by atoms with van der Waals surface area (Å²) >= 11 is 0. The first-order chi connectivity index (χ1) is 15.9. The van der Waals surface area contributed by atoms with Gasteiger partial charge < -0.3 is 10.3 Å². The second-order valence-electron chi connectivity index (χ2n) is 8.06. The van der Waals surface area contributed by atoms with Crippen molar-refractivity contribution in [1.82, 2.24) is 15.3 Å². The third kappa shape index (κ3) is 4.98. The number of nitrogens with zero attached hydrogens (tertiary/aromatic N) is 2. The number of amides is 1. The molecule has 0 spiro atoms. The molecule has 1 amide bonds. The Hall–Kier alpha value is -4.26. The van der Waals surface area contributed by atoms with E-state index < -0.39 is 0 Å². The largest absolute Gasteiger partial charge is 0.348 e. The summed E-state index contributed by atoms with van der Waals surface area (Å²) in [5.41, 5.74) is 4.03. The highest BCUT2D eigenvalue weighted by atomic mass is 16.6. The third-order valence-electron chi connectivity index (χ3n) is 5.37. The summed E-state index contributed by atoms with van der Waals surface area (Å²) in [7, 11) is 0.